The summed E-state index contributed by atoms with van der Waals surface area (Å²) in [5.74, 6) is -1.48. The minimum absolute atomic E-state index is 0.145. The first-order valence-corrected chi connectivity index (χ1v) is 10.8. The predicted octanol–water partition coefficient (Wildman–Crippen LogP) is 4.47. The minimum atomic E-state index is -1.56. The summed E-state index contributed by atoms with van der Waals surface area (Å²) < 4.78 is 5.83. The van der Waals surface area contributed by atoms with E-state index in [1.54, 1.807) is 0 Å². The summed E-state index contributed by atoms with van der Waals surface area (Å²) in [6.45, 7) is 0. The van der Waals surface area contributed by atoms with Crippen LogP contribution >= 0.6 is 46.4 Å². The normalized spacial score (nSPS) is 21.2. The van der Waals surface area contributed by atoms with E-state index in [0.29, 0.717) is 0 Å². The van der Waals surface area contributed by atoms with Crippen LogP contribution in [0.15, 0.2) is 36.4 Å². The van der Waals surface area contributed by atoms with E-state index in [1.807, 2.05) is 0 Å². The van der Waals surface area contributed by atoms with Gasteiger partial charge < -0.3 is 4.74 Å². The Morgan fingerprint density at radius 3 is 1.33 bits per heavy atom. The molecule has 172 valence electrons. The van der Waals surface area contributed by atoms with Gasteiger partial charge in [-0.3, -0.25) is 29.2 Å². The van der Waals surface area contributed by atoms with Crippen molar-refractivity contribution in [1.29, 1.82) is 0 Å². The van der Waals surface area contributed by atoms with Gasteiger partial charge in [0, 0.05) is 14.1 Å². The largest absolute Gasteiger partial charge is 0.333 e. The molecule has 0 bridgehead atoms. The molecule has 2 aromatic carbocycles. The van der Waals surface area contributed by atoms with Crippen LogP contribution in [0, 0.1) is 0 Å². The van der Waals surface area contributed by atoms with Crippen LogP contribution in [0.2, 0.25) is 20.1 Å². The molecule has 2 atom stereocenters. The van der Waals surface area contributed by atoms with Crippen molar-refractivity contribution < 1.29 is 23.9 Å². The predicted molar refractivity (Wildman–Crippen MR) is 123 cm³/mol. The number of carbonyl (C=O) groups is 4. The molecular weight excluding hydrogens is 518 g/mol. The molecule has 13 heteroatoms. The highest BCUT2D eigenvalue weighted by Crippen LogP contribution is 2.35. The Morgan fingerprint density at radius 1 is 0.636 bits per heavy atom. The lowest BCUT2D eigenvalue weighted by Crippen LogP contribution is -2.46. The standard InChI is InChI=1S/C20H14Cl4N4O5/c1-25-15(29)17(27(19(25)31)9-3-5-11(21)13(23)7-9)33-18-16(30)26(2)20(32)28(18)10-4-6-12(22)14(24)8-10/h3-8,17-18H,1-2H3/t17-,18-/m1/s1. The molecular formula is C20H14Cl4N4O5. The number of hydrogen-bond donors (Lipinski definition) is 0. The average molecular weight is 532 g/mol. The first kappa shape index (κ1) is 23.6. The van der Waals surface area contributed by atoms with Crippen molar-refractivity contribution in [1.82, 2.24) is 9.80 Å². The number of urea groups is 2. The van der Waals surface area contributed by atoms with Crippen molar-refractivity contribution in [3.8, 4) is 0 Å². The number of hydrogen-bond acceptors (Lipinski definition) is 5. The van der Waals surface area contributed by atoms with E-state index in [0.717, 1.165) is 19.6 Å². The number of ether oxygens (including phenoxy) is 1. The van der Waals surface area contributed by atoms with Crippen molar-refractivity contribution in [3.05, 3.63) is 56.5 Å². The highest BCUT2D eigenvalue weighted by atomic mass is 35.5. The number of benzene rings is 2. The van der Waals surface area contributed by atoms with Crippen LogP contribution < -0.4 is 9.80 Å². The smallest absolute Gasteiger partial charge is 0.315 e. The van der Waals surface area contributed by atoms with Gasteiger partial charge in [-0.2, -0.15) is 0 Å². The molecule has 2 aliphatic rings. The van der Waals surface area contributed by atoms with Crippen LogP contribution in [0.3, 0.4) is 0 Å². The molecule has 0 radical (unpaired) electrons. The monoisotopic (exact) mass is 530 g/mol. The maximum absolute atomic E-state index is 12.9. The first-order valence-electron chi connectivity index (χ1n) is 9.30. The Labute approximate surface area is 207 Å². The Balaban J connectivity index is 1.74. The second kappa shape index (κ2) is 8.66. The topological polar surface area (TPSA) is 90.5 Å². The molecule has 4 rings (SSSR count). The zero-order valence-electron chi connectivity index (χ0n) is 17.0. The lowest BCUT2D eigenvalue weighted by Gasteiger charge is -2.28. The number of anilines is 2. The average Bonchev–Trinajstić information content (AvgIpc) is 3.12. The summed E-state index contributed by atoms with van der Waals surface area (Å²) in [5.41, 5.74) is 0.423. The van der Waals surface area contributed by atoms with Gasteiger partial charge in [-0.1, -0.05) is 46.4 Å². The molecule has 0 unspecified atom stereocenters. The Kier molecular flexibility index (Phi) is 6.19. The van der Waals surface area contributed by atoms with Gasteiger partial charge in [0.25, 0.3) is 11.8 Å². The molecule has 0 N–H and O–H groups in total. The summed E-state index contributed by atoms with van der Waals surface area (Å²) in [7, 11) is 2.53. The molecule has 33 heavy (non-hydrogen) atoms. The number of imide groups is 2. The quantitative estimate of drug-likeness (QED) is 0.543. The molecule has 0 spiro atoms. The van der Waals surface area contributed by atoms with Crippen LogP contribution in [0.5, 0.6) is 0 Å². The second-order valence-electron chi connectivity index (χ2n) is 7.14. The third-order valence-corrected chi connectivity index (χ3v) is 6.64. The van der Waals surface area contributed by atoms with Crippen molar-refractivity contribution in [2.24, 2.45) is 0 Å². The summed E-state index contributed by atoms with van der Waals surface area (Å²) in [6, 6.07) is 7.19. The van der Waals surface area contributed by atoms with E-state index in [4.69, 9.17) is 51.1 Å². The molecule has 0 aromatic heterocycles. The van der Waals surface area contributed by atoms with E-state index in [-0.39, 0.29) is 31.5 Å². The maximum Gasteiger partial charge on any atom is 0.333 e. The van der Waals surface area contributed by atoms with Gasteiger partial charge >= 0.3 is 12.1 Å². The molecule has 0 aliphatic carbocycles. The number of nitrogens with zero attached hydrogens (tertiary/aromatic N) is 4. The summed E-state index contributed by atoms with van der Waals surface area (Å²) in [5, 5.41) is 0.778. The maximum atomic E-state index is 12.9. The van der Waals surface area contributed by atoms with Crippen LogP contribution in [0.4, 0.5) is 21.0 Å². The fraction of sp³-hybridized carbons (Fsp3) is 0.200. The van der Waals surface area contributed by atoms with E-state index >= 15 is 0 Å². The lowest BCUT2D eigenvalue weighted by atomic mass is 10.3. The Bertz CT molecular complexity index is 1120. The van der Waals surface area contributed by atoms with E-state index in [9.17, 15) is 19.2 Å². The van der Waals surface area contributed by atoms with Gasteiger partial charge in [0.15, 0.2) is 0 Å². The number of likely N-dealkylation sites (N-methyl/N-ethyl adjacent to an activating group) is 2. The number of halogens is 4. The fourth-order valence-electron chi connectivity index (χ4n) is 3.39. The van der Waals surface area contributed by atoms with Crippen molar-refractivity contribution in [3.63, 3.8) is 0 Å². The molecule has 2 fully saturated rings. The van der Waals surface area contributed by atoms with E-state index in [1.165, 1.54) is 50.5 Å². The molecule has 9 nitrogen and oxygen atoms in total. The number of rotatable bonds is 4. The highest BCUT2D eigenvalue weighted by molar-refractivity contribution is 6.42. The highest BCUT2D eigenvalue weighted by Gasteiger charge is 2.52. The SMILES string of the molecule is CN1C(=O)[C@@H](O[C@@H]2C(=O)N(C)C(=O)N2c2ccc(Cl)c(Cl)c2)N(c2ccc(Cl)c(Cl)c2)C1=O. The zero-order valence-corrected chi connectivity index (χ0v) is 20.0. The molecule has 2 aromatic rings. The summed E-state index contributed by atoms with van der Waals surface area (Å²) in [6.07, 6.45) is -3.11. The van der Waals surface area contributed by atoms with E-state index in [2.05, 4.69) is 0 Å². The van der Waals surface area contributed by atoms with Crippen molar-refractivity contribution in [2.45, 2.75) is 12.5 Å². The van der Waals surface area contributed by atoms with Gasteiger partial charge in [0.1, 0.15) is 0 Å². The molecule has 2 heterocycles. The van der Waals surface area contributed by atoms with Crippen LogP contribution in [0.25, 0.3) is 0 Å². The lowest BCUT2D eigenvalue weighted by molar-refractivity contribution is -0.146. The van der Waals surface area contributed by atoms with Gasteiger partial charge in [0.2, 0.25) is 12.5 Å². The van der Waals surface area contributed by atoms with Crippen molar-refractivity contribution in [2.75, 3.05) is 23.9 Å². The second-order valence-corrected chi connectivity index (χ2v) is 8.77. The molecule has 2 saturated heterocycles. The molecule has 0 saturated carbocycles. The van der Waals surface area contributed by atoms with Gasteiger partial charge in [0.05, 0.1) is 31.5 Å². The fourth-order valence-corrected chi connectivity index (χ4v) is 3.97. The minimum Gasteiger partial charge on any atom is -0.315 e. The zero-order chi connectivity index (χ0) is 24.2. The van der Waals surface area contributed by atoms with E-state index < -0.39 is 36.3 Å². The molecule has 6 amide bonds. The number of amides is 6. The third-order valence-electron chi connectivity index (χ3n) is 5.16. The van der Waals surface area contributed by atoms with Gasteiger partial charge in [-0.15, -0.1) is 0 Å². The summed E-state index contributed by atoms with van der Waals surface area (Å²) >= 11 is 24.1. The molecule has 2 aliphatic heterocycles. The third kappa shape index (κ3) is 3.89. The Hall–Kier alpha value is -2.56. The van der Waals surface area contributed by atoms with Crippen LogP contribution in [-0.4, -0.2) is 60.2 Å². The van der Waals surface area contributed by atoms with Gasteiger partial charge in [-0.05, 0) is 36.4 Å². The first-order chi connectivity index (χ1) is 15.5. The van der Waals surface area contributed by atoms with Crippen molar-refractivity contribution >= 4 is 81.7 Å². The Morgan fingerprint density at radius 2 is 1.00 bits per heavy atom. The number of carbonyl (C=O) groups excluding carboxylic acids is 4. The van der Waals surface area contributed by atoms with Gasteiger partial charge in [-0.25, -0.2) is 9.59 Å². The summed E-state index contributed by atoms with van der Waals surface area (Å²) in [4.78, 5) is 55.1. The van der Waals surface area contributed by atoms with Crippen LogP contribution in [0.1, 0.15) is 0 Å². The van der Waals surface area contributed by atoms with Crippen LogP contribution in [-0.2, 0) is 14.3 Å².